The zero-order chi connectivity index (χ0) is 11.5. The van der Waals surface area contributed by atoms with Crippen LogP contribution in [0.3, 0.4) is 0 Å². The monoisotopic (exact) mass is 225 g/mol. The molecule has 1 atom stereocenters. The van der Waals surface area contributed by atoms with E-state index in [0.717, 1.165) is 6.39 Å². The molecule has 1 aromatic carbocycles. The first-order valence-corrected chi connectivity index (χ1v) is 4.58. The molecule has 0 bridgehead atoms. The predicted octanol–water partition coefficient (Wildman–Crippen LogP) is 2.06. The van der Waals surface area contributed by atoms with Crippen LogP contribution in [0.5, 0.6) is 0 Å². The Morgan fingerprint density at radius 3 is 2.62 bits per heavy atom. The molecule has 6 heteroatoms. The number of hydrogen-bond acceptors (Lipinski definition) is 4. The number of halogens is 2. The van der Waals surface area contributed by atoms with E-state index in [1.54, 1.807) is 6.07 Å². The molecule has 0 radical (unpaired) electrons. The Hall–Kier alpha value is -1.82. The molecule has 1 heterocycles. The maximum absolute atomic E-state index is 12.5. The van der Waals surface area contributed by atoms with E-state index >= 15 is 0 Å². The number of nitrogens with two attached hydrogens (primary N) is 1. The molecule has 4 nitrogen and oxygen atoms in total. The van der Waals surface area contributed by atoms with Crippen molar-refractivity contribution in [2.75, 3.05) is 0 Å². The molecule has 0 aliphatic rings. The van der Waals surface area contributed by atoms with Crippen LogP contribution in [0.1, 0.15) is 29.4 Å². The van der Waals surface area contributed by atoms with Crippen LogP contribution in [0.2, 0.25) is 0 Å². The molecule has 0 aliphatic carbocycles. The summed E-state index contributed by atoms with van der Waals surface area (Å²) in [5, 5.41) is 3.57. The van der Waals surface area contributed by atoms with E-state index in [4.69, 9.17) is 5.73 Å². The first-order valence-electron chi connectivity index (χ1n) is 4.58. The molecule has 0 fully saturated rings. The second-order valence-corrected chi connectivity index (χ2v) is 3.24. The quantitative estimate of drug-likeness (QED) is 0.868. The number of benzene rings is 1. The number of alkyl halides is 2. The summed E-state index contributed by atoms with van der Waals surface area (Å²) in [7, 11) is 0. The van der Waals surface area contributed by atoms with Crippen LogP contribution >= 0.6 is 0 Å². The van der Waals surface area contributed by atoms with Gasteiger partial charge in [-0.2, -0.15) is 4.98 Å². The van der Waals surface area contributed by atoms with Crippen molar-refractivity contribution in [1.82, 2.24) is 10.1 Å². The molecular formula is C10H9F2N3O. The van der Waals surface area contributed by atoms with Gasteiger partial charge in [-0.25, -0.2) is 8.78 Å². The van der Waals surface area contributed by atoms with Crippen molar-refractivity contribution in [3.05, 3.63) is 47.6 Å². The molecule has 0 aliphatic heterocycles. The first-order chi connectivity index (χ1) is 7.68. The van der Waals surface area contributed by atoms with Crippen LogP contribution in [0.15, 0.2) is 35.2 Å². The lowest BCUT2D eigenvalue weighted by atomic mass is 10.0. The molecule has 2 aromatic rings. The zero-order valence-corrected chi connectivity index (χ0v) is 8.18. The van der Waals surface area contributed by atoms with Gasteiger partial charge in [-0.05, 0) is 11.6 Å². The zero-order valence-electron chi connectivity index (χ0n) is 8.18. The fraction of sp³-hybridized carbons (Fsp3) is 0.200. The van der Waals surface area contributed by atoms with Gasteiger partial charge in [0.05, 0.1) is 6.04 Å². The lowest BCUT2D eigenvalue weighted by molar-refractivity contribution is 0.151. The van der Waals surface area contributed by atoms with Gasteiger partial charge in [0.25, 0.3) is 6.43 Å². The molecule has 16 heavy (non-hydrogen) atoms. The predicted molar refractivity (Wildman–Crippen MR) is 51.7 cm³/mol. The van der Waals surface area contributed by atoms with Gasteiger partial charge in [-0.15, -0.1) is 0 Å². The highest BCUT2D eigenvalue weighted by atomic mass is 19.3. The maximum Gasteiger partial charge on any atom is 0.263 e. The number of rotatable bonds is 3. The largest absolute Gasteiger partial charge is 0.343 e. The molecule has 0 saturated heterocycles. The first kappa shape index (κ1) is 10.7. The number of hydrogen-bond donors (Lipinski definition) is 1. The van der Waals surface area contributed by atoms with Crippen LogP contribution in [0.4, 0.5) is 8.78 Å². The Morgan fingerprint density at radius 1 is 1.25 bits per heavy atom. The normalized spacial score (nSPS) is 13.0. The van der Waals surface area contributed by atoms with Crippen LogP contribution < -0.4 is 5.73 Å². The lowest BCUT2D eigenvalue weighted by Crippen LogP contribution is -2.13. The Bertz CT molecular complexity index is 459. The molecular weight excluding hydrogens is 216 g/mol. The molecule has 2 rings (SSSR count). The van der Waals surface area contributed by atoms with Gasteiger partial charge in [0, 0.05) is 5.56 Å². The highest BCUT2D eigenvalue weighted by Crippen LogP contribution is 2.23. The average Bonchev–Trinajstić information content (AvgIpc) is 2.81. The molecule has 84 valence electrons. The van der Waals surface area contributed by atoms with Gasteiger partial charge in [0.1, 0.15) is 0 Å². The van der Waals surface area contributed by atoms with Crippen molar-refractivity contribution < 1.29 is 13.3 Å². The van der Waals surface area contributed by atoms with Crippen molar-refractivity contribution in [1.29, 1.82) is 0 Å². The van der Waals surface area contributed by atoms with Gasteiger partial charge < -0.3 is 10.3 Å². The van der Waals surface area contributed by atoms with E-state index in [1.807, 2.05) is 0 Å². The lowest BCUT2D eigenvalue weighted by Gasteiger charge is -2.09. The average molecular weight is 225 g/mol. The minimum atomic E-state index is -2.52. The standard InChI is InChI=1S/C10H9F2N3O/c11-9(12)7-3-1-2-6(4-7)8(13)10-14-5-16-15-10/h1-5,8-9H,13H2. The minimum absolute atomic E-state index is 0.0727. The Morgan fingerprint density at radius 2 is 2.00 bits per heavy atom. The SMILES string of the molecule is NC(c1cccc(C(F)F)c1)c1ncon1. The van der Waals surface area contributed by atoms with E-state index in [0.29, 0.717) is 5.56 Å². The molecule has 2 N–H and O–H groups in total. The van der Waals surface area contributed by atoms with Crippen LogP contribution in [0, 0.1) is 0 Å². The summed E-state index contributed by atoms with van der Waals surface area (Å²) in [6.45, 7) is 0. The van der Waals surface area contributed by atoms with Crippen LogP contribution in [0.25, 0.3) is 0 Å². The van der Waals surface area contributed by atoms with Gasteiger partial charge in [0.15, 0.2) is 5.82 Å². The Kier molecular flexibility index (Phi) is 2.91. The van der Waals surface area contributed by atoms with Crippen LogP contribution in [-0.2, 0) is 0 Å². The summed E-state index contributed by atoms with van der Waals surface area (Å²) in [5.41, 5.74) is 6.25. The summed E-state index contributed by atoms with van der Waals surface area (Å²) in [5.74, 6) is 0.270. The number of nitrogens with zero attached hydrogens (tertiary/aromatic N) is 2. The van der Waals surface area contributed by atoms with E-state index in [2.05, 4.69) is 14.7 Å². The highest BCUT2D eigenvalue weighted by molar-refractivity contribution is 5.29. The fourth-order valence-electron chi connectivity index (χ4n) is 1.35. The van der Waals surface area contributed by atoms with E-state index in [1.165, 1.54) is 18.2 Å². The summed E-state index contributed by atoms with van der Waals surface area (Å²) in [6.07, 6.45) is -1.37. The van der Waals surface area contributed by atoms with Gasteiger partial charge in [0.2, 0.25) is 6.39 Å². The maximum atomic E-state index is 12.5. The van der Waals surface area contributed by atoms with Gasteiger partial charge >= 0.3 is 0 Å². The van der Waals surface area contributed by atoms with Crippen molar-refractivity contribution in [3.63, 3.8) is 0 Å². The Balaban J connectivity index is 2.30. The Labute approximate surface area is 90.1 Å². The highest BCUT2D eigenvalue weighted by Gasteiger charge is 2.15. The van der Waals surface area contributed by atoms with Crippen molar-refractivity contribution in [2.24, 2.45) is 5.73 Å². The molecule has 0 saturated carbocycles. The summed E-state index contributed by atoms with van der Waals surface area (Å²) < 4.78 is 29.5. The third kappa shape index (κ3) is 2.06. The summed E-state index contributed by atoms with van der Waals surface area (Å²) in [6, 6.07) is 5.20. The summed E-state index contributed by atoms with van der Waals surface area (Å²) >= 11 is 0. The molecule has 0 amide bonds. The third-order valence-corrected chi connectivity index (χ3v) is 2.18. The second kappa shape index (κ2) is 4.36. The smallest absolute Gasteiger partial charge is 0.263 e. The molecule has 1 aromatic heterocycles. The van der Waals surface area contributed by atoms with E-state index in [-0.39, 0.29) is 11.4 Å². The minimum Gasteiger partial charge on any atom is -0.343 e. The van der Waals surface area contributed by atoms with Gasteiger partial charge in [-0.3, -0.25) is 0 Å². The summed E-state index contributed by atoms with van der Waals surface area (Å²) in [4.78, 5) is 3.78. The number of aromatic nitrogens is 2. The molecule has 0 spiro atoms. The molecule has 1 unspecified atom stereocenters. The third-order valence-electron chi connectivity index (χ3n) is 2.18. The van der Waals surface area contributed by atoms with Crippen LogP contribution in [-0.4, -0.2) is 10.1 Å². The van der Waals surface area contributed by atoms with Crippen molar-refractivity contribution in [2.45, 2.75) is 12.5 Å². The second-order valence-electron chi connectivity index (χ2n) is 3.24. The van der Waals surface area contributed by atoms with E-state index < -0.39 is 12.5 Å². The fourth-order valence-corrected chi connectivity index (χ4v) is 1.35. The van der Waals surface area contributed by atoms with Crippen molar-refractivity contribution in [3.8, 4) is 0 Å². The topological polar surface area (TPSA) is 64.9 Å². The van der Waals surface area contributed by atoms with Crippen molar-refractivity contribution >= 4 is 0 Å². The van der Waals surface area contributed by atoms with E-state index in [9.17, 15) is 8.78 Å². The van der Waals surface area contributed by atoms with Gasteiger partial charge in [-0.1, -0.05) is 23.4 Å².